The van der Waals surface area contributed by atoms with Crippen molar-refractivity contribution in [2.45, 2.75) is 59.5 Å². The summed E-state index contributed by atoms with van der Waals surface area (Å²) in [6, 6.07) is 0. The molecule has 0 N–H and O–H groups in total. The standard InChI is InChI=1S/C15H26O2/c1-5-6-15(16)17-14-9-12(3)7-11(2)8-13(4)10-14/h5-6,11-14H,7-10H2,1-4H3. The topological polar surface area (TPSA) is 26.3 Å². The van der Waals surface area contributed by atoms with Gasteiger partial charge in [-0.3, -0.25) is 0 Å². The van der Waals surface area contributed by atoms with Crippen molar-refractivity contribution in [1.29, 1.82) is 0 Å². The van der Waals surface area contributed by atoms with E-state index >= 15 is 0 Å². The molecule has 0 aromatic carbocycles. The Morgan fingerprint density at radius 1 is 1.00 bits per heavy atom. The van der Waals surface area contributed by atoms with Gasteiger partial charge >= 0.3 is 5.97 Å². The van der Waals surface area contributed by atoms with Crippen molar-refractivity contribution in [3.63, 3.8) is 0 Å². The molecule has 0 amide bonds. The summed E-state index contributed by atoms with van der Waals surface area (Å²) in [6.07, 6.45) is 7.88. The number of carbonyl (C=O) groups is 1. The fraction of sp³-hybridized carbons (Fsp3) is 0.800. The van der Waals surface area contributed by atoms with Gasteiger partial charge in [0.2, 0.25) is 0 Å². The van der Waals surface area contributed by atoms with Gasteiger partial charge in [-0.1, -0.05) is 26.8 Å². The Morgan fingerprint density at radius 3 is 1.94 bits per heavy atom. The molecule has 0 bridgehead atoms. The lowest BCUT2D eigenvalue weighted by atomic mass is 9.80. The Balaban J connectivity index is 2.55. The zero-order valence-corrected chi connectivity index (χ0v) is 11.6. The van der Waals surface area contributed by atoms with Gasteiger partial charge in [-0.05, 0) is 50.4 Å². The van der Waals surface area contributed by atoms with E-state index in [1.165, 1.54) is 18.9 Å². The monoisotopic (exact) mass is 238 g/mol. The van der Waals surface area contributed by atoms with E-state index < -0.39 is 0 Å². The molecule has 0 aliphatic heterocycles. The van der Waals surface area contributed by atoms with Crippen LogP contribution in [0.25, 0.3) is 0 Å². The summed E-state index contributed by atoms with van der Waals surface area (Å²) >= 11 is 0. The van der Waals surface area contributed by atoms with Gasteiger partial charge in [0, 0.05) is 6.08 Å². The summed E-state index contributed by atoms with van der Waals surface area (Å²) in [5.74, 6) is 1.92. The molecule has 2 unspecified atom stereocenters. The van der Waals surface area contributed by atoms with Gasteiger partial charge in [-0.25, -0.2) is 4.79 Å². The lowest BCUT2D eigenvalue weighted by molar-refractivity contribution is -0.145. The molecule has 2 heteroatoms. The fourth-order valence-corrected chi connectivity index (χ4v) is 3.09. The first-order chi connectivity index (χ1) is 8.01. The second-order valence-corrected chi connectivity index (χ2v) is 5.82. The molecule has 2 nitrogen and oxygen atoms in total. The maximum atomic E-state index is 11.5. The third-order valence-corrected chi connectivity index (χ3v) is 3.53. The van der Waals surface area contributed by atoms with E-state index in [2.05, 4.69) is 20.8 Å². The third kappa shape index (κ3) is 5.38. The van der Waals surface area contributed by atoms with Crippen molar-refractivity contribution in [1.82, 2.24) is 0 Å². The number of ether oxygens (including phenoxy) is 1. The van der Waals surface area contributed by atoms with E-state index in [1.807, 2.05) is 6.92 Å². The van der Waals surface area contributed by atoms with Crippen molar-refractivity contribution in [2.75, 3.05) is 0 Å². The van der Waals surface area contributed by atoms with E-state index in [0.29, 0.717) is 11.8 Å². The molecular formula is C15H26O2. The van der Waals surface area contributed by atoms with Gasteiger partial charge in [0.1, 0.15) is 6.10 Å². The summed E-state index contributed by atoms with van der Waals surface area (Å²) in [5, 5.41) is 0. The molecule has 1 rings (SSSR count). The van der Waals surface area contributed by atoms with Crippen LogP contribution in [0.1, 0.15) is 53.4 Å². The highest BCUT2D eigenvalue weighted by Crippen LogP contribution is 2.31. The minimum absolute atomic E-state index is 0.108. The highest BCUT2D eigenvalue weighted by atomic mass is 16.5. The summed E-state index contributed by atoms with van der Waals surface area (Å²) in [4.78, 5) is 11.5. The van der Waals surface area contributed by atoms with Crippen LogP contribution in [-0.2, 0) is 9.53 Å². The maximum Gasteiger partial charge on any atom is 0.330 e. The molecule has 0 aromatic heterocycles. The Labute approximate surface area is 105 Å². The first-order valence-corrected chi connectivity index (χ1v) is 6.84. The van der Waals surface area contributed by atoms with Gasteiger partial charge in [0.15, 0.2) is 0 Å². The van der Waals surface area contributed by atoms with Crippen LogP contribution in [0.4, 0.5) is 0 Å². The summed E-state index contributed by atoms with van der Waals surface area (Å²) in [7, 11) is 0. The average molecular weight is 238 g/mol. The largest absolute Gasteiger partial charge is 0.459 e. The molecule has 2 atom stereocenters. The highest BCUT2D eigenvalue weighted by Gasteiger charge is 2.25. The number of rotatable bonds is 2. The Morgan fingerprint density at radius 2 is 1.47 bits per heavy atom. The van der Waals surface area contributed by atoms with Crippen LogP contribution in [0.15, 0.2) is 12.2 Å². The van der Waals surface area contributed by atoms with Crippen molar-refractivity contribution >= 4 is 5.97 Å². The zero-order chi connectivity index (χ0) is 12.8. The van der Waals surface area contributed by atoms with Crippen LogP contribution < -0.4 is 0 Å². The molecule has 98 valence electrons. The molecule has 1 fully saturated rings. The van der Waals surface area contributed by atoms with E-state index in [-0.39, 0.29) is 12.1 Å². The van der Waals surface area contributed by atoms with Gasteiger partial charge < -0.3 is 4.74 Å². The van der Waals surface area contributed by atoms with Crippen molar-refractivity contribution in [2.24, 2.45) is 17.8 Å². The van der Waals surface area contributed by atoms with Crippen molar-refractivity contribution in [3.8, 4) is 0 Å². The minimum atomic E-state index is -0.189. The Bertz CT molecular complexity index is 256. The Hall–Kier alpha value is -0.790. The van der Waals surface area contributed by atoms with Crippen molar-refractivity contribution < 1.29 is 9.53 Å². The molecule has 0 radical (unpaired) electrons. The van der Waals surface area contributed by atoms with E-state index in [4.69, 9.17) is 4.74 Å². The van der Waals surface area contributed by atoms with Crippen LogP contribution in [0.2, 0.25) is 0 Å². The summed E-state index contributed by atoms with van der Waals surface area (Å²) in [5.41, 5.74) is 0. The first-order valence-electron chi connectivity index (χ1n) is 6.84. The van der Waals surface area contributed by atoms with E-state index in [9.17, 15) is 4.79 Å². The molecular weight excluding hydrogens is 212 g/mol. The quantitative estimate of drug-likeness (QED) is 0.537. The van der Waals surface area contributed by atoms with Gasteiger partial charge in [-0.15, -0.1) is 0 Å². The summed E-state index contributed by atoms with van der Waals surface area (Å²) < 4.78 is 5.52. The van der Waals surface area contributed by atoms with E-state index in [0.717, 1.165) is 18.8 Å². The molecule has 0 heterocycles. The normalized spacial score (nSPS) is 35.3. The number of hydrogen-bond acceptors (Lipinski definition) is 2. The molecule has 17 heavy (non-hydrogen) atoms. The predicted octanol–water partition coefficient (Wildman–Crippen LogP) is 3.96. The molecule has 0 saturated heterocycles. The predicted molar refractivity (Wildman–Crippen MR) is 70.7 cm³/mol. The number of allylic oxidation sites excluding steroid dienone is 1. The van der Waals surface area contributed by atoms with Gasteiger partial charge in [0.25, 0.3) is 0 Å². The minimum Gasteiger partial charge on any atom is -0.459 e. The summed E-state index contributed by atoms with van der Waals surface area (Å²) in [6.45, 7) is 8.71. The van der Waals surface area contributed by atoms with Crippen LogP contribution in [0.3, 0.4) is 0 Å². The lowest BCUT2D eigenvalue weighted by Crippen LogP contribution is -2.26. The maximum absolute atomic E-state index is 11.5. The van der Waals surface area contributed by atoms with Crippen LogP contribution in [-0.4, -0.2) is 12.1 Å². The van der Waals surface area contributed by atoms with Gasteiger partial charge in [-0.2, -0.15) is 0 Å². The van der Waals surface area contributed by atoms with Crippen LogP contribution in [0.5, 0.6) is 0 Å². The second kappa shape index (κ2) is 6.83. The van der Waals surface area contributed by atoms with Gasteiger partial charge in [0.05, 0.1) is 0 Å². The molecule has 1 aliphatic rings. The second-order valence-electron chi connectivity index (χ2n) is 5.82. The van der Waals surface area contributed by atoms with Crippen LogP contribution in [0, 0.1) is 17.8 Å². The molecule has 0 aromatic rings. The van der Waals surface area contributed by atoms with Crippen LogP contribution >= 0.6 is 0 Å². The average Bonchev–Trinajstić information content (AvgIpc) is 2.14. The fourth-order valence-electron chi connectivity index (χ4n) is 3.09. The van der Waals surface area contributed by atoms with E-state index in [1.54, 1.807) is 6.08 Å². The van der Waals surface area contributed by atoms with Crippen molar-refractivity contribution in [3.05, 3.63) is 12.2 Å². The zero-order valence-electron chi connectivity index (χ0n) is 11.6. The molecule has 0 spiro atoms. The number of carbonyl (C=O) groups excluding carboxylic acids is 1. The third-order valence-electron chi connectivity index (χ3n) is 3.53. The lowest BCUT2D eigenvalue weighted by Gasteiger charge is -2.30. The highest BCUT2D eigenvalue weighted by molar-refractivity contribution is 5.81. The Kier molecular flexibility index (Phi) is 5.73. The molecule has 1 saturated carbocycles. The number of esters is 1. The SMILES string of the molecule is CC=CC(=O)OC1CC(C)CC(C)CC(C)C1. The first kappa shape index (κ1) is 14.3. The molecule has 1 aliphatic carbocycles. The smallest absolute Gasteiger partial charge is 0.330 e. The number of hydrogen-bond donors (Lipinski definition) is 0.